The molecule has 3 rings (SSSR count). The highest BCUT2D eigenvalue weighted by atomic mass is 16.5. The summed E-state index contributed by atoms with van der Waals surface area (Å²) in [6.45, 7) is 1.76. The summed E-state index contributed by atoms with van der Waals surface area (Å²) in [6.07, 6.45) is 1.60. The van der Waals surface area contributed by atoms with Crippen molar-refractivity contribution in [2.24, 2.45) is 0 Å². The molecular formula is C14H14N4O3. The highest BCUT2D eigenvalue weighted by molar-refractivity contribution is 5.90. The molecule has 0 saturated carbocycles. The maximum atomic E-state index is 11.3. The molecule has 0 saturated heterocycles. The summed E-state index contributed by atoms with van der Waals surface area (Å²) in [7, 11) is 1.58. The smallest absolute Gasteiger partial charge is 0.352 e. The van der Waals surface area contributed by atoms with Gasteiger partial charge in [0.25, 0.3) is 0 Å². The third kappa shape index (κ3) is 2.22. The van der Waals surface area contributed by atoms with Gasteiger partial charge in [-0.2, -0.15) is 10.1 Å². The highest BCUT2D eigenvalue weighted by Gasteiger charge is 2.28. The fraction of sp³-hybridized carbons (Fsp3) is 0.214. The lowest BCUT2D eigenvalue weighted by atomic mass is 10.0. The number of aliphatic carboxylic acids is 1. The molecular weight excluding hydrogens is 272 g/mol. The number of aromatic nitrogens is 3. The van der Waals surface area contributed by atoms with Crippen LogP contribution in [0.2, 0.25) is 0 Å². The second-order valence-corrected chi connectivity index (χ2v) is 4.62. The molecule has 108 valence electrons. The van der Waals surface area contributed by atoms with Crippen LogP contribution in [0.1, 0.15) is 17.4 Å². The van der Waals surface area contributed by atoms with Crippen molar-refractivity contribution >= 4 is 11.9 Å². The van der Waals surface area contributed by atoms with E-state index in [9.17, 15) is 9.90 Å². The molecule has 1 atom stereocenters. The fourth-order valence-electron chi connectivity index (χ4n) is 2.36. The number of para-hydroxylation sites is 1. The van der Waals surface area contributed by atoms with E-state index < -0.39 is 5.97 Å². The van der Waals surface area contributed by atoms with Gasteiger partial charge in [0.2, 0.25) is 5.95 Å². The Bertz CT molecular complexity index is 736. The molecule has 2 N–H and O–H groups in total. The molecule has 7 nitrogen and oxygen atoms in total. The molecule has 1 aromatic carbocycles. The molecule has 0 fully saturated rings. The summed E-state index contributed by atoms with van der Waals surface area (Å²) in [4.78, 5) is 15.5. The molecule has 0 spiro atoms. The van der Waals surface area contributed by atoms with Gasteiger partial charge in [0.1, 0.15) is 23.3 Å². The number of hydrogen-bond donors (Lipinski definition) is 2. The van der Waals surface area contributed by atoms with Crippen molar-refractivity contribution in [2.75, 3.05) is 12.4 Å². The topological polar surface area (TPSA) is 89.3 Å². The van der Waals surface area contributed by atoms with E-state index in [2.05, 4.69) is 15.4 Å². The second-order valence-electron chi connectivity index (χ2n) is 4.62. The van der Waals surface area contributed by atoms with Crippen molar-refractivity contribution in [1.29, 1.82) is 0 Å². The van der Waals surface area contributed by atoms with Crippen LogP contribution in [0.3, 0.4) is 0 Å². The Hall–Kier alpha value is -2.83. The van der Waals surface area contributed by atoms with Crippen LogP contribution in [0.25, 0.3) is 0 Å². The molecule has 2 heterocycles. The van der Waals surface area contributed by atoms with E-state index in [1.807, 2.05) is 24.3 Å². The number of fused-ring (bicyclic) bond motifs is 1. The summed E-state index contributed by atoms with van der Waals surface area (Å²) in [5.74, 6) is 0.604. The molecule has 1 aliphatic rings. The second kappa shape index (κ2) is 4.93. The van der Waals surface area contributed by atoms with Gasteiger partial charge >= 0.3 is 5.97 Å². The minimum atomic E-state index is -1.04. The van der Waals surface area contributed by atoms with Crippen molar-refractivity contribution in [3.05, 3.63) is 47.4 Å². The molecule has 0 amide bonds. The predicted octanol–water partition coefficient (Wildman–Crippen LogP) is 1.58. The van der Waals surface area contributed by atoms with Crippen LogP contribution in [0.4, 0.5) is 5.95 Å². The zero-order valence-electron chi connectivity index (χ0n) is 11.6. The largest absolute Gasteiger partial charge is 0.496 e. The van der Waals surface area contributed by atoms with Gasteiger partial charge < -0.3 is 15.2 Å². The van der Waals surface area contributed by atoms with E-state index in [0.717, 1.165) is 5.56 Å². The number of carbonyl (C=O) groups is 1. The average Bonchev–Trinajstić information content (AvgIpc) is 2.86. The van der Waals surface area contributed by atoms with Crippen LogP contribution in [-0.4, -0.2) is 33.0 Å². The Labute approximate surface area is 120 Å². The lowest BCUT2D eigenvalue weighted by Gasteiger charge is -2.23. The van der Waals surface area contributed by atoms with Gasteiger partial charge in [-0.25, -0.2) is 9.48 Å². The number of nitrogens with zero attached hydrogens (tertiary/aromatic N) is 3. The minimum absolute atomic E-state index is 0.0748. The fourth-order valence-corrected chi connectivity index (χ4v) is 2.36. The molecule has 21 heavy (non-hydrogen) atoms. The Morgan fingerprint density at radius 3 is 2.90 bits per heavy atom. The first-order chi connectivity index (χ1) is 10.1. The number of anilines is 1. The van der Waals surface area contributed by atoms with Gasteiger partial charge in [-0.1, -0.05) is 18.2 Å². The third-order valence-corrected chi connectivity index (χ3v) is 3.26. The number of carboxylic acid groups (broad SMARTS) is 1. The van der Waals surface area contributed by atoms with E-state index in [0.29, 0.717) is 17.5 Å². The zero-order chi connectivity index (χ0) is 15.0. The molecule has 7 heteroatoms. The van der Waals surface area contributed by atoms with Crippen molar-refractivity contribution < 1.29 is 14.6 Å². The van der Waals surface area contributed by atoms with Crippen LogP contribution < -0.4 is 10.1 Å². The normalized spacial score (nSPS) is 16.7. The van der Waals surface area contributed by atoms with Crippen molar-refractivity contribution in [1.82, 2.24) is 14.8 Å². The number of nitrogens with one attached hydrogen (secondary N) is 1. The zero-order valence-corrected chi connectivity index (χ0v) is 11.6. The summed E-state index contributed by atoms with van der Waals surface area (Å²) < 4.78 is 7.01. The maximum absolute atomic E-state index is 11.3. The van der Waals surface area contributed by atoms with Crippen LogP contribution in [0.5, 0.6) is 5.75 Å². The number of ether oxygens (including phenoxy) is 1. The SMILES string of the molecule is COc1ccccc1[C@H]1C=C(C(=O)O)Nc2nc(C)nn21. The lowest BCUT2D eigenvalue weighted by molar-refractivity contribution is -0.132. The third-order valence-electron chi connectivity index (χ3n) is 3.26. The van der Waals surface area contributed by atoms with Gasteiger partial charge in [-0.05, 0) is 19.1 Å². The quantitative estimate of drug-likeness (QED) is 0.890. The van der Waals surface area contributed by atoms with Crippen molar-refractivity contribution in [2.45, 2.75) is 13.0 Å². The first-order valence-corrected chi connectivity index (χ1v) is 6.38. The Kier molecular flexibility index (Phi) is 3.09. The van der Waals surface area contributed by atoms with Crippen LogP contribution >= 0.6 is 0 Å². The monoisotopic (exact) mass is 286 g/mol. The molecule has 0 unspecified atom stereocenters. The van der Waals surface area contributed by atoms with Gasteiger partial charge in [-0.15, -0.1) is 0 Å². The van der Waals surface area contributed by atoms with Gasteiger partial charge in [0.05, 0.1) is 7.11 Å². The maximum Gasteiger partial charge on any atom is 0.352 e. The van der Waals surface area contributed by atoms with Crippen LogP contribution in [0, 0.1) is 6.92 Å². The van der Waals surface area contributed by atoms with Crippen LogP contribution in [0.15, 0.2) is 36.0 Å². The van der Waals surface area contributed by atoms with Crippen LogP contribution in [-0.2, 0) is 4.79 Å². The minimum Gasteiger partial charge on any atom is -0.496 e. The van der Waals surface area contributed by atoms with E-state index in [4.69, 9.17) is 4.74 Å². The van der Waals surface area contributed by atoms with Gasteiger partial charge in [-0.3, -0.25) is 0 Å². The summed E-state index contributed by atoms with van der Waals surface area (Å²) in [5.41, 5.74) is 0.900. The molecule has 0 aliphatic carbocycles. The molecule has 1 aliphatic heterocycles. The van der Waals surface area contributed by atoms with Gasteiger partial charge in [0, 0.05) is 5.56 Å². The predicted molar refractivity (Wildman–Crippen MR) is 75.2 cm³/mol. The Morgan fingerprint density at radius 2 is 2.19 bits per heavy atom. The van der Waals surface area contributed by atoms with Crippen molar-refractivity contribution in [3.8, 4) is 5.75 Å². The Morgan fingerprint density at radius 1 is 1.43 bits per heavy atom. The lowest BCUT2D eigenvalue weighted by Crippen LogP contribution is -2.24. The summed E-state index contributed by atoms with van der Waals surface area (Å²) >= 11 is 0. The Balaban J connectivity index is 2.17. The number of allylic oxidation sites excluding steroid dienone is 1. The molecule has 2 aromatic rings. The molecule has 1 aromatic heterocycles. The van der Waals surface area contributed by atoms with E-state index in [1.165, 1.54) is 0 Å². The first-order valence-electron chi connectivity index (χ1n) is 6.38. The van der Waals surface area contributed by atoms with Gasteiger partial charge in [0.15, 0.2) is 0 Å². The first kappa shape index (κ1) is 13.2. The van der Waals surface area contributed by atoms with E-state index in [1.54, 1.807) is 24.8 Å². The molecule has 0 radical (unpaired) electrons. The standard InChI is InChI=1S/C14H14N4O3/c1-8-15-14-16-10(13(19)20)7-11(18(14)17-8)9-5-3-4-6-12(9)21-2/h3-7,11H,1-2H3,(H,19,20)(H,15,16,17)/t11-/m1/s1. The average molecular weight is 286 g/mol. The number of benzene rings is 1. The van der Waals surface area contributed by atoms with Crippen molar-refractivity contribution in [3.63, 3.8) is 0 Å². The number of hydrogen-bond acceptors (Lipinski definition) is 5. The molecule has 0 bridgehead atoms. The number of methoxy groups -OCH3 is 1. The summed E-state index contributed by atoms with van der Waals surface area (Å²) in [6, 6.07) is 7.06. The number of aryl methyl sites for hydroxylation is 1. The number of rotatable bonds is 3. The number of carboxylic acids is 1. The van der Waals surface area contributed by atoms with E-state index in [-0.39, 0.29) is 11.7 Å². The summed E-state index contributed by atoms with van der Waals surface area (Å²) in [5, 5.41) is 16.3. The van der Waals surface area contributed by atoms with E-state index >= 15 is 0 Å². The highest BCUT2D eigenvalue weighted by Crippen LogP contribution is 2.33.